The van der Waals surface area contributed by atoms with Gasteiger partial charge in [0.05, 0.1) is 4.11 Å². The summed E-state index contributed by atoms with van der Waals surface area (Å²) in [7, 11) is 0. The summed E-state index contributed by atoms with van der Waals surface area (Å²) in [5, 5.41) is 10.1. The van der Waals surface area contributed by atoms with Crippen LogP contribution < -0.4 is 0 Å². The number of benzene rings is 1. The zero-order valence-corrected chi connectivity index (χ0v) is 9.95. The lowest BCUT2D eigenvalue weighted by molar-refractivity contribution is 0.444. The molecule has 0 amide bonds. The molecule has 84 valence electrons. The summed E-state index contributed by atoms with van der Waals surface area (Å²) in [4.78, 5) is 0. The van der Waals surface area contributed by atoms with Crippen LogP contribution in [0.5, 0.6) is 5.75 Å². The fourth-order valence-corrected chi connectivity index (χ4v) is 1.25. The van der Waals surface area contributed by atoms with Gasteiger partial charge in [0.1, 0.15) is 5.75 Å². The molecule has 1 N–H and O–H groups in total. The van der Waals surface area contributed by atoms with Gasteiger partial charge < -0.3 is 5.11 Å². The van der Waals surface area contributed by atoms with Crippen LogP contribution in [-0.4, -0.2) is 5.11 Å². The normalized spacial score (nSPS) is 19.5. The standard InChI is InChI=1S/C14H22O/c1-13(2,3)10-7-8-12(15)11(9-10)14(4,5)6/h7-9,15H,1-6H3/i1D3,7D,8D,9D. The summed E-state index contributed by atoms with van der Waals surface area (Å²) >= 11 is 0. The van der Waals surface area contributed by atoms with Crippen LogP contribution in [0.25, 0.3) is 0 Å². The lowest BCUT2D eigenvalue weighted by Crippen LogP contribution is -2.16. The first-order valence-corrected chi connectivity index (χ1v) is 4.97. The maximum Gasteiger partial charge on any atom is 0.119 e. The highest BCUT2D eigenvalue weighted by Gasteiger charge is 2.21. The second-order valence-corrected chi connectivity index (χ2v) is 5.35. The van der Waals surface area contributed by atoms with Crippen molar-refractivity contribution in [2.45, 2.75) is 52.3 Å². The third-order valence-corrected chi connectivity index (χ3v) is 2.17. The predicted octanol–water partition coefficient (Wildman–Crippen LogP) is 3.99. The van der Waals surface area contributed by atoms with Gasteiger partial charge in [0.25, 0.3) is 0 Å². The Bertz CT molecular complexity index is 567. The molecule has 1 heteroatoms. The summed E-state index contributed by atoms with van der Waals surface area (Å²) in [5.41, 5.74) is -1.90. The van der Waals surface area contributed by atoms with E-state index in [0.29, 0.717) is 0 Å². The Balaban J connectivity index is 3.91. The van der Waals surface area contributed by atoms with Crippen molar-refractivity contribution >= 4 is 0 Å². The molecule has 0 saturated heterocycles. The average Bonchev–Trinajstić information content (AvgIpc) is 2.22. The molecular weight excluding hydrogens is 184 g/mol. The van der Waals surface area contributed by atoms with Crippen LogP contribution >= 0.6 is 0 Å². The smallest absolute Gasteiger partial charge is 0.119 e. The second kappa shape index (κ2) is 3.55. The Hall–Kier alpha value is -0.980. The highest BCUT2D eigenvalue weighted by molar-refractivity contribution is 5.42. The molecule has 0 atom stereocenters. The van der Waals surface area contributed by atoms with Crippen molar-refractivity contribution in [3.05, 3.63) is 29.3 Å². The molecular formula is C14H22O. The first-order valence-electron chi connectivity index (χ1n) is 7.97. The summed E-state index contributed by atoms with van der Waals surface area (Å²) in [5.74, 6) is -0.414. The fourth-order valence-electron chi connectivity index (χ4n) is 1.25. The highest BCUT2D eigenvalue weighted by Crippen LogP contribution is 2.34. The maximum atomic E-state index is 10.1. The molecule has 0 spiro atoms. The monoisotopic (exact) mass is 212 g/mol. The minimum Gasteiger partial charge on any atom is -0.508 e. The van der Waals surface area contributed by atoms with E-state index in [1.54, 1.807) is 20.8 Å². The van der Waals surface area contributed by atoms with E-state index < -0.39 is 35.5 Å². The van der Waals surface area contributed by atoms with E-state index in [-0.39, 0.29) is 17.2 Å². The Morgan fingerprint density at radius 1 is 1.13 bits per heavy atom. The molecule has 0 aliphatic heterocycles. The summed E-state index contributed by atoms with van der Waals surface area (Å²) < 4.78 is 47.2. The van der Waals surface area contributed by atoms with Gasteiger partial charge in [-0.15, -0.1) is 0 Å². The first kappa shape index (κ1) is 5.93. The van der Waals surface area contributed by atoms with Crippen molar-refractivity contribution in [3.63, 3.8) is 0 Å². The first-order chi connectivity index (χ1) is 9.14. The van der Waals surface area contributed by atoms with Crippen LogP contribution in [0.1, 0.15) is 60.8 Å². The SMILES string of the molecule is [2H]c1c([2H])c(C(C)(C)C([2H])([2H])[2H])c([2H])c(C(C)(C)C)c1O. The molecule has 0 aliphatic rings. The molecule has 1 aromatic rings. The van der Waals surface area contributed by atoms with Crippen LogP contribution in [0.2, 0.25) is 0 Å². The van der Waals surface area contributed by atoms with Crippen LogP contribution in [0.3, 0.4) is 0 Å². The van der Waals surface area contributed by atoms with E-state index in [9.17, 15) is 5.11 Å². The lowest BCUT2D eigenvalue weighted by Gasteiger charge is -2.25. The molecule has 0 unspecified atom stereocenters. The van der Waals surface area contributed by atoms with Crippen LogP contribution in [0.15, 0.2) is 18.1 Å². The maximum absolute atomic E-state index is 10.1. The number of phenolic OH excluding ortho intramolecular Hbond substituents is 1. The van der Waals surface area contributed by atoms with Gasteiger partial charge in [0, 0.05) is 4.11 Å². The van der Waals surface area contributed by atoms with Gasteiger partial charge in [0.2, 0.25) is 0 Å². The molecule has 1 nitrogen and oxygen atoms in total. The Morgan fingerprint density at radius 2 is 1.73 bits per heavy atom. The van der Waals surface area contributed by atoms with Crippen molar-refractivity contribution in [2.24, 2.45) is 0 Å². The minimum absolute atomic E-state index is 0.0183. The number of hydrogen-bond acceptors (Lipinski definition) is 1. The van der Waals surface area contributed by atoms with E-state index in [0.717, 1.165) is 0 Å². The van der Waals surface area contributed by atoms with Gasteiger partial charge >= 0.3 is 0 Å². The van der Waals surface area contributed by atoms with Gasteiger partial charge in [-0.3, -0.25) is 0 Å². The van der Waals surface area contributed by atoms with Gasteiger partial charge in [-0.05, 0) is 28.0 Å². The number of hydrogen-bond donors (Lipinski definition) is 1. The van der Waals surface area contributed by atoms with Gasteiger partial charge in [-0.2, -0.15) is 0 Å². The van der Waals surface area contributed by atoms with Crippen LogP contribution in [-0.2, 0) is 10.8 Å². The molecule has 0 radical (unpaired) electrons. The largest absolute Gasteiger partial charge is 0.508 e. The van der Waals surface area contributed by atoms with Gasteiger partial charge in [-0.25, -0.2) is 0 Å². The zero-order chi connectivity index (χ0) is 17.0. The molecule has 0 fully saturated rings. The van der Waals surface area contributed by atoms with E-state index in [1.165, 1.54) is 13.8 Å². The summed E-state index contributed by atoms with van der Waals surface area (Å²) in [6.45, 7) is 5.78. The second-order valence-electron chi connectivity index (χ2n) is 5.35. The molecule has 1 rings (SSSR count). The Morgan fingerprint density at radius 3 is 2.20 bits per heavy atom. The molecule has 1 aromatic carbocycles. The van der Waals surface area contributed by atoms with Crippen molar-refractivity contribution in [1.29, 1.82) is 0 Å². The molecule has 15 heavy (non-hydrogen) atoms. The predicted molar refractivity (Wildman–Crippen MR) is 65.5 cm³/mol. The van der Waals surface area contributed by atoms with Gasteiger partial charge in [0.15, 0.2) is 0 Å². The van der Waals surface area contributed by atoms with Crippen LogP contribution in [0, 0.1) is 0 Å². The lowest BCUT2D eigenvalue weighted by atomic mass is 9.80. The molecule has 0 aliphatic carbocycles. The van der Waals surface area contributed by atoms with Crippen LogP contribution in [0.4, 0.5) is 0 Å². The Kier molecular flexibility index (Phi) is 1.40. The zero-order valence-electron chi connectivity index (χ0n) is 15.9. The number of rotatable bonds is 0. The van der Waals surface area contributed by atoms with E-state index in [2.05, 4.69) is 0 Å². The molecule has 0 saturated carbocycles. The summed E-state index contributed by atoms with van der Waals surface area (Å²) in [6.07, 6.45) is 0. The van der Waals surface area contributed by atoms with E-state index in [1.807, 2.05) is 0 Å². The fraction of sp³-hybridized carbons (Fsp3) is 0.571. The molecule has 0 bridgehead atoms. The van der Waals surface area contributed by atoms with E-state index >= 15 is 0 Å². The van der Waals surface area contributed by atoms with Crippen molar-refractivity contribution < 1.29 is 13.3 Å². The average molecular weight is 212 g/mol. The quantitative estimate of drug-likeness (QED) is 0.689. The van der Waals surface area contributed by atoms with Crippen molar-refractivity contribution in [1.82, 2.24) is 0 Å². The Labute approximate surface area is 102 Å². The highest BCUT2D eigenvalue weighted by atomic mass is 16.3. The van der Waals surface area contributed by atoms with Gasteiger partial charge in [-0.1, -0.05) is 53.6 Å². The number of phenols is 1. The third-order valence-electron chi connectivity index (χ3n) is 2.17. The third kappa shape index (κ3) is 2.74. The van der Waals surface area contributed by atoms with E-state index in [4.69, 9.17) is 8.22 Å². The molecule has 0 aromatic heterocycles. The molecule has 0 heterocycles. The minimum atomic E-state index is -2.42. The summed E-state index contributed by atoms with van der Waals surface area (Å²) in [6, 6.07) is -0.989. The van der Waals surface area contributed by atoms with Crippen molar-refractivity contribution in [3.8, 4) is 5.75 Å². The number of aromatic hydroxyl groups is 1. The topological polar surface area (TPSA) is 20.2 Å². The van der Waals surface area contributed by atoms with Crippen molar-refractivity contribution in [2.75, 3.05) is 0 Å².